The van der Waals surface area contributed by atoms with Gasteiger partial charge in [-0.1, -0.05) is 5.16 Å². The zero-order chi connectivity index (χ0) is 28.8. The van der Waals surface area contributed by atoms with E-state index in [2.05, 4.69) is 14.8 Å². The summed E-state index contributed by atoms with van der Waals surface area (Å²) in [4.78, 5) is 56.1. The van der Waals surface area contributed by atoms with Crippen molar-refractivity contribution in [1.29, 1.82) is 0 Å². The molecule has 1 fully saturated rings. The molecule has 0 aliphatic carbocycles. The second-order valence-electron chi connectivity index (χ2n) is 9.42. The number of thioether (sulfide) groups is 1. The summed E-state index contributed by atoms with van der Waals surface area (Å²) in [6.07, 6.45) is 3.75. The number of amides is 2. The van der Waals surface area contributed by atoms with Crippen LogP contribution in [0.1, 0.15) is 19.5 Å². The standard InChI is InChI=1S/C24H22N6O7S3/c1-24(2,23(35)36)37-27-16(13-7-15(25)40-28-13)19(31)26-17-20(32)30-18(22(33)34)12(10-39-21(17)30)8-29-5-3-11-4-6-38-14(11)9-29/h3-7,9,17,21H,8,10H2,1-2H3,(H4-,25,26,28,31,33,34,35,36)/b27-16-/t17?,21-/m1/s1. The molecule has 1 unspecified atom stereocenters. The minimum Gasteiger partial charge on any atom is -0.543 e. The molecule has 2 atom stereocenters. The van der Waals surface area contributed by atoms with Crippen molar-refractivity contribution in [2.75, 3.05) is 11.5 Å². The summed E-state index contributed by atoms with van der Waals surface area (Å²) >= 11 is 3.75. The van der Waals surface area contributed by atoms with Gasteiger partial charge in [0.25, 0.3) is 11.8 Å². The second kappa shape index (κ2) is 10.5. The number of nitrogens with one attached hydrogen (secondary N) is 1. The quantitative estimate of drug-likeness (QED) is 0.129. The number of nitrogen functional groups attached to an aromatic ring is 1. The highest BCUT2D eigenvalue weighted by Gasteiger charge is 2.53. The van der Waals surface area contributed by atoms with E-state index in [-0.39, 0.29) is 28.6 Å². The number of thiophene rings is 1. The van der Waals surface area contributed by atoms with E-state index in [4.69, 9.17) is 10.6 Å². The van der Waals surface area contributed by atoms with Gasteiger partial charge in [-0.15, -0.1) is 23.1 Å². The molecule has 208 valence electrons. The SMILES string of the molecule is CC(C)(O/N=C(\C(=O)NC1C(=O)N2C(C(=O)[O-])=C(C[n+]3ccc4ccsc4c3)CS[C@H]12)c1cc(N)sn1)C(=O)O. The van der Waals surface area contributed by atoms with Crippen LogP contribution in [0.15, 0.2) is 52.4 Å². The lowest BCUT2D eigenvalue weighted by molar-refractivity contribution is -0.687. The number of nitrogens with two attached hydrogens (primary N) is 1. The molecule has 16 heteroatoms. The number of carboxylic acid groups (broad SMARTS) is 2. The van der Waals surface area contributed by atoms with Gasteiger partial charge in [0.2, 0.25) is 5.60 Å². The predicted octanol–water partition coefficient (Wildman–Crippen LogP) is -0.0845. The van der Waals surface area contributed by atoms with Gasteiger partial charge in [-0.3, -0.25) is 14.5 Å². The molecule has 0 spiro atoms. The maximum Gasteiger partial charge on any atom is 0.350 e. The highest BCUT2D eigenvalue weighted by Crippen LogP contribution is 2.40. The third-order valence-electron chi connectivity index (χ3n) is 6.22. The number of carboxylic acids is 2. The van der Waals surface area contributed by atoms with Gasteiger partial charge in [0.1, 0.15) is 22.1 Å². The first-order valence-electron chi connectivity index (χ1n) is 11.7. The number of carbonyl (C=O) groups excluding carboxylic acids is 3. The van der Waals surface area contributed by atoms with Crippen LogP contribution in [0, 0.1) is 0 Å². The molecule has 40 heavy (non-hydrogen) atoms. The molecule has 2 aliphatic heterocycles. The summed E-state index contributed by atoms with van der Waals surface area (Å²) in [6, 6.07) is 4.21. The van der Waals surface area contributed by atoms with E-state index in [9.17, 15) is 29.4 Å². The first-order chi connectivity index (χ1) is 19.0. The zero-order valence-corrected chi connectivity index (χ0v) is 23.5. The van der Waals surface area contributed by atoms with Crippen LogP contribution in [0.2, 0.25) is 0 Å². The van der Waals surface area contributed by atoms with Crippen LogP contribution < -0.4 is 20.7 Å². The molecule has 5 rings (SSSR count). The largest absolute Gasteiger partial charge is 0.543 e. The Labute approximate surface area is 239 Å². The average molecular weight is 603 g/mol. The number of carbonyl (C=O) groups is 4. The Morgan fingerprint density at radius 2 is 2.15 bits per heavy atom. The van der Waals surface area contributed by atoms with Crippen molar-refractivity contribution in [3.8, 4) is 0 Å². The Bertz CT molecular complexity index is 1610. The number of β-lactam (4-membered cyclic amide) rings is 1. The fourth-order valence-electron chi connectivity index (χ4n) is 4.07. The van der Waals surface area contributed by atoms with Crippen molar-refractivity contribution in [1.82, 2.24) is 14.6 Å². The van der Waals surface area contributed by atoms with Crippen LogP contribution >= 0.6 is 34.6 Å². The molecule has 0 radical (unpaired) electrons. The fourth-order valence-corrected chi connectivity index (χ4v) is 6.74. The molecule has 13 nitrogen and oxygen atoms in total. The van der Waals surface area contributed by atoms with Gasteiger partial charge < -0.3 is 30.9 Å². The number of oxime groups is 1. The van der Waals surface area contributed by atoms with Gasteiger partial charge in [0, 0.05) is 28.8 Å². The minimum absolute atomic E-state index is 0.0263. The normalized spacial score (nSPS) is 19.3. The fraction of sp³-hybridized carbons (Fsp3) is 0.292. The van der Waals surface area contributed by atoms with Gasteiger partial charge in [0.05, 0.1) is 16.4 Å². The highest BCUT2D eigenvalue weighted by atomic mass is 32.2. The number of aromatic nitrogens is 2. The van der Waals surface area contributed by atoms with Crippen LogP contribution in [0.3, 0.4) is 0 Å². The molecule has 0 bridgehead atoms. The molecular weight excluding hydrogens is 581 g/mol. The average Bonchev–Trinajstić information content (AvgIpc) is 3.55. The summed E-state index contributed by atoms with van der Waals surface area (Å²) in [7, 11) is 0. The van der Waals surface area contributed by atoms with Gasteiger partial charge >= 0.3 is 5.97 Å². The molecule has 4 N–H and O–H groups in total. The Hall–Kier alpha value is -4.02. The topological polar surface area (TPSA) is 191 Å². The number of aliphatic carboxylic acids is 2. The van der Waals surface area contributed by atoms with Crippen molar-refractivity contribution in [2.24, 2.45) is 5.16 Å². The molecule has 0 aromatic carbocycles. The van der Waals surface area contributed by atoms with E-state index >= 15 is 0 Å². The Kier molecular flexibility index (Phi) is 7.24. The molecule has 2 amide bonds. The van der Waals surface area contributed by atoms with Crippen LogP contribution in [-0.4, -0.2) is 66.6 Å². The number of pyridine rings is 1. The maximum absolute atomic E-state index is 13.2. The summed E-state index contributed by atoms with van der Waals surface area (Å²) in [5, 5.41) is 30.4. The number of rotatable bonds is 9. The maximum atomic E-state index is 13.2. The third-order valence-corrected chi connectivity index (χ3v) is 9.05. The second-order valence-corrected chi connectivity index (χ2v) is 12.3. The number of fused-ring (bicyclic) bond motifs is 2. The molecule has 3 aromatic rings. The van der Waals surface area contributed by atoms with E-state index in [0.717, 1.165) is 26.5 Å². The molecule has 2 aliphatic rings. The Balaban J connectivity index is 1.36. The molecule has 1 saturated heterocycles. The Morgan fingerprint density at radius 3 is 2.83 bits per heavy atom. The lowest BCUT2D eigenvalue weighted by Crippen LogP contribution is -2.71. The summed E-state index contributed by atoms with van der Waals surface area (Å²) in [6.45, 7) is 2.74. The van der Waals surface area contributed by atoms with Crippen molar-refractivity contribution in [3.63, 3.8) is 0 Å². The summed E-state index contributed by atoms with van der Waals surface area (Å²) in [5.74, 6) is -4.01. The monoisotopic (exact) mass is 602 g/mol. The summed E-state index contributed by atoms with van der Waals surface area (Å²) in [5.41, 5.74) is 3.90. The number of hydrogen-bond acceptors (Lipinski definition) is 12. The molecule has 5 heterocycles. The summed E-state index contributed by atoms with van der Waals surface area (Å²) < 4.78 is 6.93. The lowest BCUT2D eigenvalue weighted by atomic mass is 10.0. The van der Waals surface area contributed by atoms with Crippen LogP contribution in [0.4, 0.5) is 5.00 Å². The molecule has 0 saturated carbocycles. The Morgan fingerprint density at radius 1 is 1.38 bits per heavy atom. The zero-order valence-electron chi connectivity index (χ0n) is 21.0. The smallest absolute Gasteiger partial charge is 0.350 e. The third kappa shape index (κ3) is 5.12. The van der Waals surface area contributed by atoms with Crippen molar-refractivity contribution < 1.29 is 38.8 Å². The van der Waals surface area contributed by atoms with Crippen molar-refractivity contribution >= 4 is 79.2 Å². The van der Waals surface area contributed by atoms with E-state index < -0.39 is 40.8 Å². The van der Waals surface area contributed by atoms with E-state index in [1.54, 1.807) is 11.3 Å². The van der Waals surface area contributed by atoms with Crippen LogP contribution in [0.25, 0.3) is 10.1 Å². The molecular formula is C24H22N6O7S3. The van der Waals surface area contributed by atoms with Crippen molar-refractivity contribution in [3.05, 3.63) is 52.9 Å². The van der Waals surface area contributed by atoms with Crippen LogP contribution in [-0.2, 0) is 30.6 Å². The van der Waals surface area contributed by atoms with Crippen molar-refractivity contribution in [2.45, 2.75) is 37.4 Å². The lowest BCUT2D eigenvalue weighted by Gasteiger charge is -2.50. The minimum atomic E-state index is -1.76. The van der Waals surface area contributed by atoms with Gasteiger partial charge in [-0.2, -0.15) is 8.94 Å². The highest BCUT2D eigenvalue weighted by molar-refractivity contribution is 8.00. The predicted molar refractivity (Wildman–Crippen MR) is 145 cm³/mol. The van der Waals surface area contributed by atoms with Crippen LogP contribution in [0.5, 0.6) is 0 Å². The van der Waals surface area contributed by atoms with E-state index in [0.29, 0.717) is 11.3 Å². The number of anilines is 1. The van der Waals surface area contributed by atoms with E-state index in [1.165, 1.54) is 31.7 Å². The van der Waals surface area contributed by atoms with Gasteiger partial charge in [-0.25, -0.2) is 4.79 Å². The van der Waals surface area contributed by atoms with Gasteiger partial charge in [0.15, 0.2) is 24.7 Å². The van der Waals surface area contributed by atoms with E-state index in [1.807, 2.05) is 34.5 Å². The number of nitrogens with zero attached hydrogens (tertiary/aromatic N) is 4. The van der Waals surface area contributed by atoms with Gasteiger partial charge in [-0.05, 0) is 36.8 Å². The first kappa shape index (κ1) is 27.5. The molecule has 3 aromatic heterocycles. The number of hydrogen-bond donors (Lipinski definition) is 3. The first-order valence-corrected chi connectivity index (χ1v) is 14.4.